The number of rotatable bonds is 2. The van der Waals surface area contributed by atoms with Gasteiger partial charge in [0, 0.05) is 0 Å². The molecule has 1 aromatic rings. The van der Waals surface area contributed by atoms with Crippen LogP contribution in [0.25, 0.3) is 0 Å². The summed E-state index contributed by atoms with van der Waals surface area (Å²) in [6, 6.07) is 5.53. The lowest BCUT2D eigenvalue weighted by molar-refractivity contribution is -0.122. The smallest absolute Gasteiger partial charge is 0.238 e. The first-order chi connectivity index (χ1) is 9.89. The number of hydrogen-bond acceptors (Lipinski definition) is 4. The van der Waals surface area contributed by atoms with Crippen LogP contribution in [0.1, 0.15) is 25.7 Å². The van der Waals surface area contributed by atoms with E-state index >= 15 is 0 Å². The first-order valence-corrected chi connectivity index (χ1v) is 8.45. The van der Waals surface area contributed by atoms with Gasteiger partial charge in [-0.05, 0) is 37.1 Å². The van der Waals surface area contributed by atoms with Crippen molar-refractivity contribution in [2.24, 2.45) is 17.0 Å². The molecule has 6 nitrogen and oxygen atoms in total. The number of carbonyl (C=O) groups excluding carboxylic acids is 2. The van der Waals surface area contributed by atoms with Crippen molar-refractivity contribution < 1.29 is 18.0 Å². The topological polar surface area (TPSA) is 97.5 Å². The quantitative estimate of drug-likeness (QED) is 0.824. The number of anilines is 1. The summed E-state index contributed by atoms with van der Waals surface area (Å²) in [5, 5.41) is 5.04. The predicted molar refractivity (Wildman–Crippen MR) is 75.8 cm³/mol. The molecule has 0 aromatic heterocycles. The van der Waals surface area contributed by atoms with Gasteiger partial charge in [0.15, 0.2) is 0 Å². The number of carbonyl (C=O) groups is 2. The van der Waals surface area contributed by atoms with Crippen LogP contribution in [-0.4, -0.2) is 20.2 Å². The van der Waals surface area contributed by atoms with Crippen LogP contribution >= 0.6 is 0 Å². The van der Waals surface area contributed by atoms with Crippen LogP contribution in [-0.2, 0) is 19.6 Å². The third-order valence-electron chi connectivity index (χ3n) is 4.26. The highest BCUT2D eigenvalue weighted by Crippen LogP contribution is 2.40. The minimum atomic E-state index is -3.78. The molecule has 0 spiro atoms. The van der Waals surface area contributed by atoms with Crippen molar-refractivity contribution in [2.45, 2.75) is 30.6 Å². The zero-order chi connectivity index (χ0) is 15.2. The van der Waals surface area contributed by atoms with Crippen LogP contribution in [0.4, 0.5) is 5.69 Å². The summed E-state index contributed by atoms with van der Waals surface area (Å²) in [4.78, 5) is 25.9. The molecule has 1 aromatic carbocycles. The molecular weight excluding hydrogens is 292 g/mol. The number of hydrogen-bond donors (Lipinski definition) is 1. The number of nitrogens with two attached hydrogens (primary N) is 1. The van der Waals surface area contributed by atoms with Crippen molar-refractivity contribution in [1.29, 1.82) is 0 Å². The molecule has 112 valence electrons. The largest absolute Gasteiger partial charge is 0.274 e. The Labute approximate surface area is 123 Å². The molecule has 0 radical (unpaired) electrons. The molecule has 7 heteroatoms. The van der Waals surface area contributed by atoms with Gasteiger partial charge in [-0.2, -0.15) is 0 Å². The van der Waals surface area contributed by atoms with Gasteiger partial charge < -0.3 is 0 Å². The van der Waals surface area contributed by atoms with E-state index in [1.54, 1.807) is 0 Å². The second-order valence-corrected chi connectivity index (χ2v) is 7.11. The summed E-state index contributed by atoms with van der Waals surface area (Å²) in [5.41, 5.74) is 0.409. The van der Waals surface area contributed by atoms with E-state index in [2.05, 4.69) is 0 Å². The second-order valence-electron chi connectivity index (χ2n) is 5.55. The maximum atomic E-state index is 12.4. The number of nitrogens with zero attached hydrogens (tertiary/aromatic N) is 1. The first-order valence-electron chi connectivity index (χ1n) is 6.90. The van der Waals surface area contributed by atoms with Crippen LogP contribution < -0.4 is 10.0 Å². The van der Waals surface area contributed by atoms with Gasteiger partial charge in [-0.25, -0.2) is 13.6 Å². The standard InChI is InChI=1S/C14H16N2O4S/c15-21(19,20)10-7-5-9(6-8-10)16-13(17)11-3-1-2-4-12(11)14(16)18/h5-8,11-12H,1-4H2,(H2,15,19,20)/t11-,12-/m0/s1. The number of amides is 2. The maximum absolute atomic E-state index is 12.4. The Hall–Kier alpha value is -1.73. The second kappa shape index (κ2) is 4.92. The highest BCUT2D eigenvalue weighted by molar-refractivity contribution is 7.89. The number of imide groups is 1. The third kappa shape index (κ3) is 2.36. The molecule has 0 bridgehead atoms. The van der Waals surface area contributed by atoms with Crippen molar-refractivity contribution in [3.63, 3.8) is 0 Å². The van der Waals surface area contributed by atoms with E-state index in [1.807, 2.05) is 0 Å². The molecule has 1 saturated carbocycles. The fraction of sp³-hybridized carbons (Fsp3) is 0.429. The van der Waals surface area contributed by atoms with Crippen molar-refractivity contribution >= 4 is 27.5 Å². The van der Waals surface area contributed by atoms with Crippen LogP contribution in [0.2, 0.25) is 0 Å². The Bertz CT molecular complexity index is 672. The summed E-state index contributed by atoms with van der Waals surface area (Å²) in [5.74, 6) is -0.783. The van der Waals surface area contributed by atoms with E-state index in [-0.39, 0.29) is 28.5 Å². The summed E-state index contributed by atoms with van der Waals surface area (Å²) in [7, 11) is -3.78. The Balaban J connectivity index is 1.93. The van der Waals surface area contributed by atoms with Gasteiger partial charge in [-0.3, -0.25) is 14.5 Å². The Morgan fingerprint density at radius 1 is 0.952 bits per heavy atom. The molecule has 1 aliphatic carbocycles. The Morgan fingerprint density at radius 3 is 1.86 bits per heavy atom. The molecular formula is C14H16N2O4S. The van der Waals surface area contributed by atoms with E-state index in [0.29, 0.717) is 5.69 Å². The molecule has 2 N–H and O–H groups in total. The van der Waals surface area contributed by atoms with E-state index in [1.165, 1.54) is 29.2 Å². The van der Waals surface area contributed by atoms with Crippen molar-refractivity contribution in [2.75, 3.05) is 4.90 Å². The first kappa shape index (κ1) is 14.2. The molecule has 2 aliphatic rings. The van der Waals surface area contributed by atoms with Gasteiger partial charge in [-0.1, -0.05) is 12.8 Å². The van der Waals surface area contributed by atoms with Gasteiger partial charge in [0.25, 0.3) is 0 Å². The minimum absolute atomic E-state index is 0.0391. The monoisotopic (exact) mass is 308 g/mol. The molecule has 1 saturated heterocycles. The van der Waals surface area contributed by atoms with Crippen molar-refractivity contribution in [3.8, 4) is 0 Å². The van der Waals surface area contributed by atoms with Gasteiger partial charge in [0.1, 0.15) is 0 Å². The Morgan fingerprint density at radius 2 is 1.43 bits per heavy atom. The zero-order valence-electron chi connectivity index (χ0n) is 11.4. The van der Waals surface area contributed by atoms with Crippen LogP contribution in [0.5, 0.6) is 0 Å². The number of primary sulfonamides is 1. The lowest BCUT2D eigenvalue weighted by Gasteiger charge is -2.19. The predicted octanol–water partition coefficient (Wildman–Crippen LogP) is 1.01. The van der Waals surface area contributed by atoms with Gasteiger partial charge in [0.2, 0.25) is 21.8 Å². The van der Waals surface area contributed by atoms with E-state index in [9.17, 15) is 18.0 Å². The number of sulfonamides is 1. The lowest BCUT2D eigenvalue weighted by atomic mass is 9.81. The van der Waals surface area contributed by atoms with Gasteiger partial charge in [0.05, 0.1) is 22.4 Å². The normalized spacial score (nSPS) is 26.0. The maximum Gasteiger partial charge on any atom is 0.238 e. The number of benzene rings is 1. The minimum Gasteiger partial charge on any atom is -0.274 e. The highest BCUT2D eigenvalue weighted by Gasteiger charge is 2.48. The Kier molecular flexibility index (Phi) is 3.33. The van der Waals surface area contributed by atoms with Crippen LogP contribution in [0.15, 0.2) is 29.2 Å². The summed E-state index contributed by atoms with van der Waals surface area (Å²) in [6.07, 6.45) is 3.44. The van der Waals surface area contributed by atoms with Gasteiger partial charge in [-0.15, -0.1) is 0 Å². The highest BCUT2D eigenvalue weighted by atomic mass is 32.2. The average Bonchev–Trinajstić information content (AvgIpc) is 2.71. The van der Waals surface area contributed by atoms with Crippen LogP contribution in [0, 0.1) is 11.8 Å². The lowest BCUT2D eigenvalue weighted by Crippen LogP contribution is -2.30. The molecule has 3 rings (SSSR count). The molecule has 0 unspecified atom stereocenters. The molecule has 2 amide bonds. The SMILES string of the molecule is NS(=O)(=O)c1ccc(N2C(=O)[C@H]3CCCC[C@@H]3C2=O)cc1. The van der Waals surface area contributed by atoms with E-state index < -0.39 is 10.0 Å². The van der Waals surface area contributed by atoms with Crippen molar-refractivity contribution in [1.82, 2.24) is 0 Å². The fourth-order valence-electron chi connectivity index (χ4n) is 3.20. The molecule has 2 fully saturated rings. The fourth-order valence-corrected chi connectivity index (χ4v) is 3.72. The zero-order valence-corrected chi connectivity index (χ0v) is 12.2. The van der Waals surface area contributed by atoms with Crippen LogP contribution in [0.3, 0.4) is 0 Å². The van der Waals surface area contributed by atoms with E-state index in [0.717, 1.165) is 25.7 Å². The van der Waals surface area contributed by atoms with Crippen molar-refractivity contribution in [3.05, 3.63) is 24.3 Å². The molecule has 1 aliphatic heterocycles. The number of fused-ring (bicyclic) bond motifs is 1. The summed E-state index contributed by atoms with van der Waals surface area (Å²) >= 11 is 0. The molecule has 1 heterocycles. The van der Waals surface area contributed by atoms with E-state index in [4.69, 9.17) is 5.14 Å². The third-order valence-corrected chi connectivity index (χ3v) is 5.19. The molecule has 21 heavy (non-hydrogen) atoms. The summed E-state index contributed by atoms with van der Waals surface area (Å²) < 4.78 is 22.5. The molecule has 2 atom stereocenters. The van der Waals surface area contributed by atoms with Gasteiger partial charge >= 0.3 is 0 Å². The average molecular weight is 308 g/mol. The summed E-state index contributed by atoms with van der Waals surface area (Å²) in [6.45, 7) is 0.